The molecule has 7 heteroatoms. The minimum absolute atomic E-state index is 0.254. The van der Waals surface area contributed by atoms with Crippen molar-refractivity contribution >= 4 is 12.0 Å². The van der Waals surface area contributed by atoms with Gasteiger partial charge in [0.1, 0.15) is 0 Å². The van der Waals surface area contributed by atoms with Crippen LogP contribution >= 0.6 is 0 Å². The van der Waals surface area contributed by atoms with Crippen LogP contribution in [-0.2, 0) is 4.79 Å². The first kappa shape index (κ1) is 14.7. The number of carbonyl (C=O) groups excluding carboxylic acids is 1. The van der Waals surface area contributed by atoms with Gasteiger partial charge in [-0.1, -0.05) is 0 Å². The number of hydrogen-bond donors (Lipinski definition) is 3. The third-order valence-corrected chi connectivity index (χ3v) is 3.38. The monoisotopic (exact) mass is 259 g/mol. The number of piperazine rings is 1. The topological polar surface area (TPSA) is 93.1 Å². The van der Waals surface area contributed by atoms with Crippen LogP contribution in [0, 0.1) is 0 Å². The number of carboxylic acids is 1. The lowest BCUT2D eigenvalue weighted by Crippen LogP contribution is -2.58. The molecule has 1 fully saturated rings. The Bertz CT molecular complexity index is 311. The van der Waals surface area contributed by atoms with Crippen molar-refractivity contribution in [3.63, 3.8) is 0 Å². The van der Waals surface area contributed by atoms with Gasteiger partial charge in [0.25, 0.3) is 0 Å². The number of rotatable bonds is 3. The number of carbonyl (C=O) groups is 2. The molecule has 18 heavy (non-hydrogen) atoms. The molecule has 3 atom stereocenters. The van der Waals surface area contributed by atoms with Crippen LogP contribution in [-0.4, -0.2) is 76.9 Å². The summed E-state index contributed by atoms with van der Waals surface area (Å²) in [6, 6.07) is 0.176. The number of aliphatic hydroxyl groups excluding tert-OH is 1. The lowest BCUT2D eigenvalue weighted by Gasteiger charge is -2.42. The van der Waals surface area contributed by atoms with Gasteiger partial charge in [-0.05, 0) is 20.9 Å². The minimum Gasteiger partial charge on any atom is -0.479 e. The number of amides is 2. The number of nitrogens with one attached hydrogen (secondary N) is 1. The maximum Gasteiger partial charge on any atom is 0.334 e. The van der Waals surface area contributed by atoms with Crippen LogP contribution < -0.4 is 5.32 Å². The van der Waals surface area contributed by atoms with E-state index in [0.29, 0.717) is 13.1 Å². The summed E-state index contributed by atoms with van der Waals surface area (Å²) in [5.74, 6) is -1.34. The molecule has 0 saturated carbocycles. The molecule has 1 aliphatic heterocycles. The van der Waals surface area contributed by atoms with Crippen molar-refractivity contribution in [1.29, 1.82) is 0 Å². The Morgan fingerprint density at radius 2 is 1.83 bits per heavy atom. The highest BCUT2D eigenvalue weighted by Gasteiger charge is 2.29. The van der Waals surface area contributed by atoms with Crippen LogP contribution in [0.25, 0.3) is 0 Å². The van der Waals surface area contributed by atoms with Crippen LogP contribution in [0.2, 0.25) is 0 Å². The number of carboxylic acid groups (broad SMARTS) is 1. The minimum atomic E-state index is -1.56. The molecule has 0 aliphatic carbocycles. The lowest BCUT2D eigenvalue weighted by atomic mass is 10.1. The summed E-state index contributed by atoms with van der Waals surface area (Å²) >= 11 is 0. The number of aliphatic hydroxyl groups is 1. The Balaban J connectivity index is 2.45. The molecule has 1 saturated heterocycles. The molecular weight excluding hydrogens is 238 g/mol. The zero-order valence-electron chi connectivity index (χ0n) is 11.0. The molecule has 7 nitrogen and oxygen atoms in total. The van der Waals surface area contributed by atoms with Gasteiger partial charge in [-0.2, -0.15) is 0 Å². The Morgan fingerprint density at radius 1 is 1.33 bits per heavy atom. The standard InChI is InChI=1S/C11H21N3O4/c1-7-5-14(6-8(2)13(7)3)11(18)12-4-9(15)10(16)17/h7-9,15H,4-6H2,1-3H3,(H,12,18)(H,16,17). The number of hydrogen-bond acceptors (Lipinski definition) is 4. The summed E-state index contributed by atoms with van der Waals surface area (Å²) in [6.07, 6.45) is -1.56. The van der Waals surface area contributed by atoms with E-state index >= 15 is 0 Å². The summed E-state index contributed by atoms with van der Waals surface area (Å²) < 4.78 is 0. The summed E-state index contributed by atoms with van der Waals surface area (Å²) in [5.41, 5.74) is 0. The Morgan fingerprint density at radius 3 is 2.28 bits per heavy atom. The van der Waals surface area contributed by atoms with E-state index in [4.69, 9.17) is 10.2 Å². The summed E-state index contributed by atoms with van der Waals surface area (Å²) in [5, 5.41) is 20.0. The first-order chi connectivity index (χ1) is 8.32. The Labute approximate surface area is 106 Å². The third-order valence-electron chi connectivity index (χ3n) is 3.38. The van der Waals surface area contributed by atoms with E-state index in [-0.39, 0.29) is 24.7 Å². The van der Waals surface area contributed by atoms with Gasteiger partial charge < -0.3 is 20.4 Å². The number of aliphatic carboxylic acids is 1. The molecule has 0 bridgehead atoms. The maximum atomic E-state index is 11.8. The van der Waals surface area contributed by atoms with Gasteiger partial charge in [-0.15, -0.1) is 0 Å². The van der Waals surface area contributed by atoms with Gasteiger partial charge >= 0.3 is 12.0 Å². The predicted molar refractivity (Wildman–Crippen MR) is 65.3 cm³/mol. The van der Waals surface area contributed by atoms with Crippen LogP contribution in [0.5, 0.6) is 0 Å². The molecule has 3 unspecified atom stereocenters. The summed E-state index contributed by atoms with van der Waals surface area (Å²) in [6.45, 7) is 4.97. The van der Waals surface area contributed by atoms with Crippen molar-refractivity contribution in [3.05, 3.63) is 0 Å². The normalized spacial score (nSPS) is 26.8. The zero-order valence-corrected chi connectivity index (χ0v) is 11.0. The highest BCUT2D eigenvalue weighted by atomic mass is 16.4. The SMILES string of the molecule is CC1CN(C(=O)NCC(O)C(=O)O)CC(C)N1C. The van der Waals surface area contributed by atoms with E-state index in [2.05, 4.69) is 10.2 Å². The molecule has 2 amide bonds. The summed E-state index contributed by atoms with van der Waals surface area (Å²) in [7, 11) is 2.01. The van der Waals surface area contributed by atoms with Crippen LogP contribution in [0.15, 0.2) is 0 Å². The van der Waals surface area contributed by atoms with Gasteiger partial charge in [-0.25, -0.2) is 9.59 Å². The van der Waals surface area contributed by atoms with E-state index in [1.807, 2.05) is 20.9 Å². The number of nitrogens with zero attached hydrogens (tertiary/aromatic N) is 2. The van der Waals surface area contributed by atoms with Crippen molar-refractivity contribution in [2.24, 2.45) is 0 Å². The molecular formula is C11H21N3O4. The molecule has 1 heterocycles. The van der Waals surface area contributed by atoms with Gasteiger partial charge in [0, 0.05) is 25.2 Å². The number of urea groups is 1. The smallest absolute Gasteiger partial charge is 0.334 e. The fraction of sp³-hybridized carbons (Fsp3) is 0.818. The van der Waals surface area contributed by atoms with E-state index in [1.165, 1.54) is 0 Å². The first-order valence-electron chi connectivity index (χ1n) is 5.98. The molecule has 0 aromatic heterocycles. The van der Waals surface area contributed by atoms with Gasteiger partial charge in [0.05, 0.1) is 6.54 Å². The second-order valence-electron chi connectivity index (χ2n) is 4.81. The van der Waals surface area contributed by atoms with E-state index in [0.717, 1.165) is 0 Å². The molecule has 104 valence electrons. The van der Waals surface area contributed by atoms with Crippen molar-refractivity contribution < 1.29 is 19.8 Å². The van der Waals surface area contributed by atoms with Crippen LogP contribution in [0.3, 0.4) is 0 Å². The molecule has 1 aliphatic rings. The molecule has 0 spiro atoms. The highest BCUT2D eigenvalue weighted by molar-refractivity contribution is 5.77. The van der Waals surface area contributed by atoms with Gasteiger partial charge in [0.15, 0.2) is 6.10 Å². The molecule has 0 radical (unpaired) electrons. The predicted octanol–water partition coefficient (Wildman–Crippen LogP) is -0.834. The molecule has 0 aromatic rings. The number of likely N-dealkylation sites (N-methyl/N-ethyl adjacent to an activating group) is 1. The van der Waals surface area contributed by atoms with Crippen molar-refractivity contribution in [1.82, 2.24) is 15.1 Å². The van der Waals surface area contributed by atoms with Crippen LogP contribution in [0.4, 0.5) is 4.79 Å². The highest BCUT2D eigenvalue weighted by Crippen LogP contribution is 2.13. The fourth-order valence-corrected chi connectivity index (χ4v) is 1.95. The van der Waals surface area contributed by atoms with E-state index < -0.39 is 12.1 Å². The Kier molecular flexibility index (Phi) is 4.92. The lowest BCUT2D eigenvalue weighted by molar-refractivity contribution is -0.146. The van der Waals surface area contributed by atoms with Gasteiger partial charge in [0.2, 0.25) is 0 Å². The Hall–Kier alpha value is -1.34. The fourth-order valence-electron chi connectivity index (χ4n) is 1.95. The van der Waals surface area contributed by atoms with Crippen LogP contribution in [0.1, 0.15) is 13.8 Å². The largest absolute Gasteiger partial charge is 0.479 e. The van der Waals surface area contributed by atoms with Crippen molar-refractivity contribution in [3.8, 4) is 0 Å². The average Bonchev–Trinajstić information content (AvgIpc) is 2.31. The van der Waals surface area contributed by atoms with E-state index in [1.54, 1.807) is 4.90 Å². The second kappa shape index (κ2) is 6.01. The average molecular weight is 259 g/mol. The molecule has 0 aromatic carbocycles. The second-order valence-corrected chi connectivity index (χ2v) is 4.81. The van der Waals surface area contributed by atoms with E-state index in [9.17, 15) is 9.59 Å². The first-order valence-corrected chi connectivity index (χ1v) is 5.98. The molecule has 1 rings (SSSR count). The van der Waals surface area contributed by atoms with Crippen molar-refractivity contribution in [2.75, 3.05) is 26.7 Å². The maximum absolute atomic E-state index is 11.8. The summed E-state index contributed by atoms with van der Waals surface area (Å²) in [4.78, 5) is 26.1. The quantitative estimate of drug-likeness (QED) is 0.615. The van der Waals surface area contributed by atoms with Crippen molar-refractivity contribution in [2.45, 2.75) is 32.0 Å². The van der Waals surface area contributed by atoms with Gasteiger partial charge in [-0.3, -0.25) is 4.90 Å². The zero-order chi connectivity index (χ0) is 13.9. The third kappa shape index (κ3) is 3.58. The molecule has 3 N–H and O–H groups in total.